The second-order valence-corrected chi connectivity index (χ2v) is 9.98. The summed E-state index contributed by atoms with van der Waals surface area (Å²) >= 11 is 0. The molecule has 2 heterocycles. The van der Waals surface area contributed by atoms with Crippen molar-refractivity contribution in [2.24, 2.45) is 0 Å². The first kappa shape index (κ1) is 25.6. The Kier molecular flexibility index (Phi) is 6.90. The Balaban J connectivity index is 1.31. The minimum atomic E-state index is -0.362. The van der Waals surface area contributed by atoms with Crippen LogP contribution in [0.25, 0.3) is 5.69 Å². The highest BCUT2D eigenvalue weighted by molar-refractivity contribution is 6.01. The van der Waals surface area contributed by atoms with Crippen molar-refractivity contribution in [2.75, 3.05) is 30.5 Å². The molecule has 1 saturated carbocycles. The molecule has 4 aromatic rings. The van der Waals surface area contributed by atoms with Crippen molar-refractivity contribution in [3.63, 3.8) is 0 Å². The Morgan fingerprint density at radius 3 is 2.27 bits per heavy atom. The topological polar surface area (TPSA) is 76.0 Å². The number of urea groups is 1. The van der Waals surface area contributed by atoms with E-state index < -0.39 is 0 Å². The van der Waals surface area contributed by atoms with Crippen LogP contribution >= 0.6 is 0 Å². The molecule has 40 heavy (non-hydrogen) atoms. The van der Waals surface area contributed by atoms with E-state index >= 15 is 0 Å². The summed E-state index contributed by atoms with van der Waals surface area (Å²) in [7, 11) is 1.64. The lowest BCUT2D eigenvalue weighted by atomic mass is 9.97. The molecule has 0 radical (unpaired) electrons. The van der Waals surface area contributed by atoms with E-state index in [4.69, 9.17) is 9.47 Å². The van der Waals surface area contributed by atoms with Crippen LogP contribution in [-0.4, -0.2) is 47.7 Å². The first-order chi connectivity index (χ1) is 19.6. The van der Waals surface area contributed by atoms with Crippen molar-refractivity contribution in [1.82, 2.24) is 9.47 Å². The molecule has 1 N–H and O–H groups in total. The van der Waals surface area contributed by atoms with Gasteiger partial charge in [-0.25, -0.2) is 4.79 Å². The van der Waals surface area contributed by atoms with E-state index in [9.17, 15) is 9.59 Å². The molecule has 0 bridgehead atoms. The average molecular weight is 537 g/mol. The molecule has 1 aromatic heterocycles. The number of rotatable bonds is 8. The van der Waals surface area contributed by atoms with Crippen LogP contribution in [0.3, 0.4) is 0 Å². The highest BCUT2D eigenvalue weighted by Gasteiger charge is 2.40. The molecule has 6 rings (SSSR count). The Hall–Kier alpha value is -4.72. The van der Waals surface area contributed by atoms with E-state index in [-0.39, 0.29) is 30.6 Å². The Labute approximate surface area is 233 Å². The van der Waals surface area contributed by atoms with E-state index in [0.29, 0.717) is 12.3 Å². The maximum Gasteiger partial charge on any atom is 0.322 e. The summed E-state index contributed by atoms with van der Waals surface area (Å²) in [6.45, 7) is 2.47. The maximum absolute atomic E-state index is 14.3. The molecule has 1 unspecified atom stereocenters. The lowest BCUT2D eigenvalue weighted by molar-refractivity contribution is -0.119. The van der Waals surface area contributed by atoms with E-state index in [0.717, 1.165) is 47.0 Å². The van der Waals surface area contributed by atoms with Gasteiger partial charge in [-0.1, -0.05) is 24.3 Å². The Morgan fingerprint density at radius 1 is 0.900 bits per heavy atom. The molecule has 8 heteroatoms. The number of methoxy groups -OCH3 is 1. The minimum Gasteiger partial charge on any atom is -0.497 e. The number of ether oxygens (including phenoxy) is 2. The zero-order chi connectivity index (χ0) is 27.6. The summed E-state index contributed by atoms with van der Waals surface area (Å²) in [5.74, 6) is 1.35. The number of anilines is 2. The monoisotopic (exact) mass is 536 g/mol. The number of para-hydroxylation sites is 2. The van der Waals surface area contributed by atoms with Gasteiger partial charge in [0.05, 0.1) is 30.8 Å². The van der Waals surface area contributed by atoms with E-state index in [1.807, 2.05) is 103 Å². The number of benzene rings is 3. The molecule has 3 amide bonds. The third-order valence-electron chi connectivity index (χ3n) is 7.39. The number of nitrogens with one attached hydrogen (secondary N) is 1. The number of hydrogen-bond acceptors (Lipinski definition) is 4. The molecule has 204 valence electrons. The summed E-state index contributed by atoms with van der Waals surface area (Å²) in [5, 5.41) is 2.97. The van der Waals surface area contributed by atoms with Crippen LogP contribution in [0.5, 0.6) is 11.5 Å². The largest absolute Gasteiger partial charge is 0.497 e. The highest BCUT2D eigenvalue weighted by Crippen LogP contribution is 2.43. The van der Waals surface area contributed by atoms with Gasteiger partial charge in [-0.05, 0) is 86.0 Å². The Bertz CT molecular complexity index is 1510. The normalized spacial score (nSPS) is 15.6. The van der Waals surface area contributed by atoms with Gasteiger partial charge >= 0.3 is 6.03 Å². The predicted molar refractivity (Wildman–Crippen MR) is 154 cm³/mol. The van der Waals surface area contributed by atoms with Crippen LogP contribution in [0, 0.1) is 0 Å². The second-order valence-electron chi connectivity index (χ2n) is 9.98. The van der Waals surface area contributed by atoms with E-state index in [1.165, 1.54) is 0 Å². The standard InChI is InChI=1S/C32H32N4O4/c1-3-40-26-18-12-23(13-19-26)33-32(38)35(24-14-15-24)21-30(37)36-28-8-5-4-7-27(28)34-20-6-9-29(34)31(36)22-10-16-25(39-2)17-11-22/h4-13,16-20,24,31H,3,14-15,21H2,1-2H3,(H,33,38). The van der Waals surface area contributed by atoms with Crippen LogP contribution in [0.1, 0.15) is 37.1 Å². The molecule has 0 spiro atoms. The molecule has 1 aliphatic carbocycles. The third kappa shape index (κ3) is 4.88. The molecule has 0 saturated heterocycles. The molecule has 1 atom stereocenters. The van der Waals surface area contributed by atoms with Crippen molar-refractivity contribution in [2.45, 2.75) is 31.8 Å². The van der Waals surface area contributed by atoms with Gasteiger partial charge in [0.25, 0.3) is 0 Å². The number of carbonyl (C=O) groups is 2. The zero-order valence-corrected chi connectivity index (χ0v) is 22.6. The van der Waals surface area contributed by atoms with Crippen LogP contribution in [0.2, 0.25) is 0 Å². The fraction of sp³-hybridized carbons (Fsp3) is 0.250. The minimum absolute atomic E-state index is 0.0325. The number of carbonyl (C=O) groups excluding carboxylic acids is 2. The summed E-state index contributed by atoms with van der Waals surface area (Å²) < 4.78 is 13.0. The lowest BCUT2D eigenvalue weighted by Gasteiger charge is -2.39. The van der Waals surface area contributed by atoms with Crippen molar-refractivity contribution >= 4 is 23.3 Å². The molecule has 1 fully saturated rings. The molecular weight excluding hydrogens is 504 g/mol. The summed E-state index contributed by atoms with van der Waals surface area (Å²) in [5.41, 5.74) is 4.33. The summed E-state index contributed by atoms with van der Waals surface area (Å²) in [6.07, 6.45) is 3.78. The fourth-order valence-electron chi connectivity index (χ4n) is 5.33. The number of fused-ring (bicyclic) bond motifs is 3. The first-order valence-electron chi connectivity index (χ1n) is 13.6. The van der Waals surface area contributed by atoms with Crippen molar-refractivity contribution in [3.8, 4) is 17.2 Å². The quantitative estimate of drug-likeness (QED) is 0.299. The Morgan fingerprint density at radius 2 is 1.60 bits per heavy atom. The van der Waals surface area contributed by atoms with Crippen molar-refractivity contribution in [3.05, 3.63) is 102 Å². The van der Waals surface area contributed by atoms with Gasteiger partial charge in [0.2, 0.25) is 5.91 Å². The van der Waals surface area contributed by atoms with Gasteiger partial charge in [-0.15, -0.1) is 0 Å². The highest BCUT2D eigenvalue weighted by atomic mass is 16.5. The predicted octanol–water partition coefficient (Wildman–Crippen LogP) is 6.02. The maximum atomic E-state index is 14.3. The summed E-state index contributed by atoms with van der Waals surface area (Å²) in [6, 6.07) is 26.4. The fourth-order valence-corrected chi connectivity index (χ4v) is 5.33. The molecule has 3 aromatic carbocycles. The number of amides is 3. The van der Waals surface area contributed by atoms with Crippen LogP contribution in [0.4, 0.5) is 16.2 Å². The third-order valence-corrected chi connectivity index (χ3v) is 7.39. The number of hydrogen-bond donors (Lipinski definition) is 1. The van der Waals surface area contributed by atoms with Crippen LogP contribution < -0.4 is 19.7 Å². The van der Waals surface area contributed by atoms with Gasteiger partial charge in [-0.3, -0.25) is 9.69 Å². The first-order valence-corrected chi connectivity index (χ1v) is 13.6. The number of nitrogens with zero attached hydrogens (tertiary/aromatic N) is 3. The van der Waals surface area contributed by atoms with Gasteiger partial charge in [0, 0.05) is 17.9 Å². The van der Waals surface area contributed by atoms with Gasteiger partial charge < -0.3 is 24.3 Å². The average Bonchev–Trinajstić information content (AvgIpc) is 3.71. The summed E-state index contributed by atoms with van der Waals surface area (Å²) in [4.78, 5) is 31.2. The van der Waals surface area contributed by atoms with Gasteiger partial charge in [0.1, 0.15) is 24.1 Å². The smallest absolute Gasteiger partial charge is 0.322 e. The van der Waals surface area contributed by atoms with Crippen molar-refractivity contribution < 1.29 is 19.1 Å². The van der Waals surface area contributed by atoms with E-state index in [2.05, 4.69) is 9.88 Å². The molecular formula is C32H32N4O4. The number of aromatic nitrogens is 1. The van der Waals surface area contributed by atoms with E-state index in [1.54, 1.807) is 12.0 Å². The van der Waals surface area contributed by atoms with Crippen LogP contribution in [-0.2, 0) is 4.79 Å². The van der Waals surface area contributed by atoms with Crippen molar-refractivity contribution in [1.29, 1.82) is 0 Å². The SMILES string of the molecule is CCOc1ccc(NC(=O)N(CC(=O)N2c3ccccc3-n3cccc3C2c2ccc(OC)cc2)C2CC2)cc1. The molecule has 8 nitrogen and oxygen atoms in total. The molecule has 1 aliphatic heterocycles. The molecule has 2 aliphatic rings. The van der Waals surface area contributed by atoms with Gasteiger partial charge in [0.15, 0.2) is 0 Å². The van der Waals surface area contributed by atoms with Gasteiger partial charge in [-0.2, -0.15) is 0 Å². The zero-order valence-electron chi connectivity index (χ0n) is 22.6. The second kappa shape index (κ2) is 10.8. The van der Waals surface area contributed by atoms with Crippen LogP contribution in [0.15, 0.2) is 91.1 Å². The lowest BCUT2D eigenvalue weighted by Crippen LogP contribution is -2.48.